The smallest absolute Gasteiger partial charge is 0.422 e. The van der Waals surface area contributed by atoms with Crippen LogP contribution in [0.15, 0.2) is 18.2 Å². The number of carbonyl (C=O) groups is 1. The Bertz CT molecular complexity index is 402. The zero-order valence-corrected chi connectivity index (χ0v) is 8.47. The maximum Gasteiger partial charge on any atom is 0.422 e. The van der Waals surface area contributed by atoms with Gasteiger partial charge in [0.15, 0.2) is 6.61 Å². The lowest BCUT2D eigenvalue weighted by Crippen LogP contribution is -2.21. The fourth-order valence-electron chi connectivity index (χ4n) is 1.08. The van der Waals surface area contributed by atoms with Gasteiger partial charge in [0.1, 0.15) is 0 Å². The molecule has 1 aromatic rings. The van der Waals surface area contributed by atoms with Gasteiger partial charge in [-0.15, -0.1) is 0 Å². The normalized spacial score (nSPS) is 11.2. The van der Waals surface area contributed by atoms with Crippen LogP contribution in [0.5, 0.6) is 0 Å². The van der Waals surface area contributed by atoms with Crippen molar-refractivity contribution in [3.05, 3.63) is 29.3 Å². The molecule has 0 fully saturated rings. The van der Waals surface area contributed by atoms with Gasteiger partial charge >= 0.3 is 12.1 Å². The van der Waals surface area contributed by atoms with Gasteiger partial charge in [0.05, 0.1) is 5.56 Å². The van der Waals surface area contributed by atoms with Crippen LogP contribution in [0, 0.1) is 6.92 Å². The van der Waals surface area contributed by atoms with Crippen molar-refractivity contribution in [3.63, 3.8) is 0 Å². The molecule has 0 saturated heterocycles. The summed E-state index contributed by atoms with van der Waals surface area (Å²) in [6, 6.07) is 4.49. The van der Waals surface area contributed by atoms with E-state index in [0.29, 0.717) is 5.56 Å². The van der Waals surface area contributed by atoms with Crippen molar-refractivity contribution < 1.29 is 22.7 Å². The summed E-state index contributed by atoms with van der Waals surface area (Å²) in [6.07, 6.45) is -4.53. The van der Waals surface area contributed by atoms with Gasteiger partial charge in [-0.05, 0) is 18.6 Å². The fourth-order valence-corrected chi connectivity index (χ4v) is 1.08. The molecule has 1 rings (SSSR count). The van der Waals surface area contributed by atoms with Crippen molar-refractivity contribution in [3.8, 4) is 0 Å². The van der Waals surface area contributed by atoms with E-state index in [1.54, 1.807) is 13.0 Å². The van der Waals surface area contributed by atoms with Gasteiger partial charge in [0.25, 0.3) is 0 Å². The predicted molar refractivity (Wildman–Crippen MR) is 51.9 cm³/mol. The highest BCUT2D eigenvalue weighted by Gasteiger charge is 2.30. The highest BCUT2D eigenvalue weighted by Crippen LogP contribution is 2.19. The molecule has 0 saturated carbocycles. The minimum absolute atomic E-state index is 0.0516. The molecular weight excluding hydrogens is 223 g/mol. The Kier molecular flexibility index (Phi) is 3.41. The number of alkyl halides is 3. The Morgan fingerprint density at radius 3 is 2.62 bits per heavy atom. The second kappa shape index (κ2) is 4.42. The molecule has 3 nitrogen and oxygen atoms in total. The Morgan fingerprint density at radius 1 is 1.44 bits per heavy atom. The van der Waals surface area contributed by atoms with Crippen molar-refractivity contribution in [1.29, 1.82) is 0 Å². The van der Waals surface area contributed by atoms with Crippen molar-refractivity contribution in [2.75, 3.05) is 12.3 Å². The molecule has 88 valence electrons. The first-order chi connectivity index (χ1) is 7.31. The summed E-state index contributed by atoms with van der Waals surface area (Å²) in [7, 11) is 0. The minimum atomic E-state index is -4.53. The number of para-hydroxylation sites is 1. The molecule has 0 bridgehead atoms. The second-order valence-corrected chi connectivity index (χ2v) is 3.23. The maximum atomic E-state index is 11.8. The molecule has 0 atom stereocenters. The van der Waals surface area contributed by atoms with Crippen LogP contribution in [0.1, 0.15) is 15.9 Å². The molecule has 0 aromatic heterocycles. The first kappa shape index (κ1) is 12.4. The largest absolute Gasteiger partial charge is 0.452 e. The summed E-state index contributed by atoms with van der Waals surface area (Å²) in [6.45, 7) is 0.0368. The van der Waals surface area contributed by atoms with Crippen LogP contribution < -0.4 is 5.73 Å². The van der Waals surface area contributed by atoms with Crippen LogP contribution in [0.2, 0.25) is 0 Å². The molecule has 16 heavy (non-hydrogen) atoms. The molecular formula is C10H10F3NO2. The molecule has 0 aliphatic carbocycles. The topological polar surface area (TPSA) is 52.3 Å². The highest BCUT2D eigenvalue weighted by molar-refractivity contribution is 5.95. The summed E-state index contributed by atoms with van der Waals surface area (Å²) < 4.78 is 39.5. The summed E-state index contributed by atoms with van der Waals surface area (Å²) >= 11 is 0. The number of halogens is 3. The van der Waals surface area contributed by atoms with E-state index in [4.69, 9.17) is 5.73 Å². The van der Waals surface area contributed by atoms with Gasteiger partial charge in [-0.25, -0.2) is 4.79 Å². The van der Waals surface area contributed by atoms with Crippen molar-refractivity contribution >= 4 is 11.7 Å². The third kappa shape index (κ3) is 3.15. The van der Waals surface area contributed by atoms with Crippen LogP contribution in [0.3, 0.4) is 0 Å². The molecule has 1 aromatic carbocycles. The zero-order valence-electron chi connectivity index (χ0n) is 8.47. The number of rotatable bonds is 2. The van der Waals surface area contributed by atoms with Crippen molar-refractivity contribution in [1.82, 2.24) is 0 Å². The summed E-state index contributed by atoms with van der Waals surface area (Å²) in [5.41, 5.74) is 6.24. The van der Waals surface area contributed by atoms with E-state index >= 15 is 0 Å². The number of carbonyl (C=O) groups excluding carboxylic acids is 1. The van der Waals surface area contributed by atoms with E-state index in [1.807, 2.05) is 0 Å². The van der Waals surface area contributed by atoms with E-state index in [2.05, 4.69) is 4.74 Å². The summed E-state index contributed by atoms with van der Waals surface area (Å²) in [4.78, 5) is 11.3. The number of nitrogen functional groups attached to an aromatic ring is 1. The van der Waals surface area contributed by atoms with Crippen LogP contribution >= 0.6 is 0 Å². The highest BCUT2D eigenvalue weighted by atomic mass is 19.4. The second-order valence-electron chi connectivity index (χ2n) is 3.23. The Morgan fingerprint density at radius 2 is 2.06 bits per heavy atom. The van der Waals surface area contributed by atoms with Gasteiger partial charge in [-0.3, -0.25) is 0 Å². The van der Waals surface area contributed by atoms with Gasteiger partial charge in [0.2, 0.25) is 0 Å². The minimum Gasteiger partial charge on any atom is -0.452 e. The third-order valence-corrected chi connectivity index (χ3v) is 1.91. The lowest BCUT2D eigenvalue weighted by molar-refractivity contribution is -0.161. The van der Waals surface area contributed by atoms with Crippen LogP contribution in [-0.2, 0) is 4.74 Å². The number of hydrogen-bond donors (Lipinski definition) is 1. The molecule has 0 unspecified atom stereocenters. The number of benzene rings is 1. The van der Waals surface area contributed by atoms with Crippen molar-refractivity contribution in [2.24, 2.45) is 0 Å². The summed E-state index contributed by atoms with van der Waals surface area (Å²) in [5, 5.41) is 0. The van der Waals surface area contributed by atoms with E-state index in [0.717, 1.165) is 0 Å². The number of esters is 1. The molecule has 0 heterocycles. The van der Waals surface area contributed by atoms with Gasteiger partial charge in [-0.2, -0.15) is 13.2 Å². The molecule has 2 N–H and O–H groups in total. The number of aryl methyl sites for hydroxylation is 1. The number of anilines is 1. The number of hydrogen-bond acceptors (Lipinski definition) is 3. The lowest BCUT2D eigenvalue weighted by Gasteiger charge is -2.10. The first-order valence-corrected chi connectivity index (χ1v) is 4.40. The zero-order chi connectivity index (χ0) is 12.3. The average Bonchev–Trinajstić information content (AvgIpc) is 2.17. The Labute approximate surface area is 90.0 Å². The van der Waals surface area contributed by atoms with Crippen LogP contribution in [0.4, 0.5) is 18.9 Å². The van der Waals surface area contributed by atoms with Gasteiger partial charge in [-0.1, -0.05) is 12.1 Å². The molecule has 6 heteroatoms. The van der Waals surface area contributed by atoms with Crippen LogP contribution in [0.25, 0.3) is 0 Å². The molecule has 0 aliphatic rings. The lowest BCUT2D eigenvalue weighted by atomic mass is 10.1. The van der Waals surface area contributed by atoms with E-state index in [-0.39, 0.29) is 11.3 Å². The number of ether oxygens (including phenoxy) is 1. The van der Waals surface area contributed by atoms with Crippen molar-refractivity contribution in [2.45, 2.75) is 13.1 Å². The van der Waals surface area contributed by atoms with Gasteiger partial charge in [0, 0.05) is 5.69 Å². The van der Waals surface area contributed by atoms with E-state index in [1.165, 1.54) is 12.1 Å². The van der Waals surface area contributed by atoms with Crippen LogP contribution in [-0.4, -0.2) is 18.8 Å². The van der Waals surface area contributed by atoms with E-state index < -0.39 is 18.8 Å². The average molecular weight is 233 g/mol. The standard InChI is InChI=1S/C10H10F3NO2/c1-6-3-2-4-7(8(6)14)9(15)16-5-10(11,12)13/h2-4H,5,14H2,1H3. The summed E-state index contributed by atoms with van der Waals surface area (Å²) in [5.74, 6) is -1.07. The fraction of sp³-hybridized carbons (Fsp3) is 0.300. The molecule has 0 radical (unpaired) electrons. The molecule has 0 amide bonds. The maximum absolute atomic E-state index is 11.8. The first-order valence-electron chi connectivity index (χ1n) is 4.40. The Hall–Kier alpha value is -1.72. The molecule has 0 spiro atoms. The molecule has 0 aliphatic heterocycles. The van der Waals surface area contributed by atoms with Gasteiger partial charge < -0.3 is 10.5 Å². The SMILES string of the molecule is Cc1cccc(C(=O)OCC(F)(F)F)c1N. The van der Waals surface area contributed by atoms with E-state index in [9.17, 15) is 18.0 Å². The monoisotopic (exact) mass is 233 g/mol. The predicted octanol–water partition coefficient (Wildman–Crippen LogP) is 2.30. The third-order valence-electron chi connectivity index (χ3n) is 1.91. The quantitative estimate of drug-likeness (QED) is 0.629. The number of nitrogens with two attached hydrogens (primary N) is 1. The Balaban J connectivity index is 2.78.